The zero-order chi connectivity index (χ0) is 18.8. The highest BCUT2D eigenvalue weighted by Crippen LogP contribution is 2.19. The fourth-order valence-corrected chi connectivity index (χ4v) is 2.71. The number of aliphatic carboxylic acids is 1. The van der Waals surface area contributed by atoms with Crippen molar-refractivity contribution in [1.29, 1.82) is 0 Å². The van der Waals surface area contributed by atoms with Crippen LogP contribution in [0.5, 0.6) is 0 Å². The van der Waals surface area contributed by atoms with Gasteiger partial charge in [-0.25, -0.2) is 9.59 Å². The lowest BCUT2D eigenvalue weighted by molar-refractivity contribution is -0.144. The highest BCUT2D eigenvalue weighted by atomic mass is 35.5. The Hall–Kier alpha value is -2.28. The predicted octanol–water partition coefficient (Wildman–Crippen LogP) is 2.49. The number of carbonyl (C=O) groups is 3. The van der Waals surface area contributed by atoms with Crippen LogP contribution in [-0.4, -0.2) is 64.2 Å². The third-order valence-corrected chi connectivity index (χ3v) is 3.88. The topological polar surface area (TPSA) is 87.2 Å². The monoisotopic (exact) mass is 368 g/mol. The summed E-state index contributed by atoms with van der Waals surface area (Å²) in [6, 6.07) is 5.18. The third kappa shape index (κ3) is 4.85. The molecule has 1 aliphatic heterocycles. The van der Waals surface area contributed by atoms with Crippen LogP contribution < -0.4 is 0 Å². The molecule has 0 spiro atoms. The molecular weight excluding hydrogens is 348 g/mol. The summed E-state index contributed by atoms with van der Waals surface area (Å²) in [5.41, 5.74) is -0.367. The SMILES string of the molecule is CC(C)(C)OC(=O)N1CCN(C(=O)c2cccc(Cl)c2)C(C(=O)O)C1. The standard InChI is InChI=1S/C17H21ClN2O5/c1-17(2,3)25-16(24)19-7-8-20(13(10-19)15(22)23)14(21)11-5-4-6-12(18)9-11/h4-6,9,13H,7-8,10H2,1-3H3,(H,22,23). The van der Waals surface area contributed by atoms with Gasteiger partial charge in [0.15, 0.2) is 0 Å². The summed E-state index contributed by atoms with van der Waals surface area (Å²) in [7, 11) is 0. The van der Waals surface area contributed by atoms with E-state index in [0.29, 0.717) is 10.6 Å². The molecule has 136 valence electrons. The quantitative estimate of drug-likeness (QED) is 0.866. The molecule has 2 amide bonds. The molecular formula is C17H21ClN2O5. The number of carbonyl (C=O) groups excluding carboxylic acids is 2. The van der Waals surface area contributed by atoms with Gasteiger partial charge in [0.2, 0.25) is 0 Å². The van der Waals surface area contributed by atoms with Crippen LogP contribution in [0.25, 0.3) is 0 Å². The van der Waals surface area contributed by atoms with E-state index in [1.165, 1.54) is 15.9 Å². The van der Waals surface area contributed by atoms with E-state index in [0.717, 1.165) is 0 Å². The number of carboxylic acids is 1. The molecule has 0 saturated carbocycles. The first kappa shape index (κ1) is 19.1. The summed E-state index contributed by atoms with van der Waals surface area (Å²) in [6.07, 6.45) is -0.589. The van der Waals surface area contributed by atoms with Gasteiger partial charge < -0.3 is 19.6 Å². The Bertz CT molecular complexity index is 686. The van der Waals surface area contributed by atoms with Gasteiger partial charge >= 0.3 is 12.1 Å². The number of hydrogen-bond acceptors (Lipinski definition) is 4. The van der Waals surface area contributed by atoms with Gasteiger partial charge in [0.25, 0.3) is 5.91 Å². The molecule has 1 unspecified atom stereocenters. The van der Waals surface area contributed by atoms with Crippen molar-refractivity contribution in [1.82, 2.24) is 9.80 Å². The van der Waals surface area contributed by atoms with Gasteiger partial charge in [-0.1, -0.05) is 17.7 Å². The van der Waals surface area contributed by atoms with Gasteiger partial charge in [0, 0.05) is 23.7 Å². The third-order valence-electron chi connectivity index (χ3n) is 3.65. The Morgan fingerprint density at radius 2 is 1.92 bits per heavy atom. The van der Waals surface area contributed by atoms with E-state index < -0.39 is 29.6 Å². The minimum atomic E-state index is -1.18. The minimum Gasteiger partial charge on any atom is -0.480 e. The number of hydrogen-bond donors (Lipinski definition) is 1. The molecule has 1 heterocycles. The van der Waals surface area contributed by atoms with E-state index >= 15 is 0 Å². The second kappa shape index (κ2) is 7.31. The van der Waals surface area contributed by atoms with Crippen molar-refractivity contribution in [3.8, 4) is 0 Å². The molecule has 2 rings (SSSR count). The summed E-state index contributed by atoms with van der Waals surface area (Å²) >= 11 is 5.90. The van der Waals surface area contributed by atoms with Gasteiger partial charge in [-0.15, -0.1) is 0 Å². The Labute approximate surface area is 151 Å². The molecule has 1 fully saturated rings. The number of ether oxygens (including phenoxy) is 1. The van der Waals surface area contributed by atoms with E-state index in [2.05, 4.69) is 0 Å². The maximum Gasteiger partial charge on any atom is 0.410 e. The lowest BCUT2D eigenvalue weighted by atomic mass is 10.1. The molecule has 1 aromatic rings. The number of amides is 2. The molecule has 0 bridgehead atoms. The maximum absolute atomic E-state index is 12.6. The summed E-state index contributed by atoms with van der Waals surface area (Å²) in [5.74, 6) is -1.61. The maximum atomic E-state index is 12.6. The molecule has 1 aromatic carbocycles. The van der Waals surface area contributed by atoms with Crippen molar-refractivity contribution >= 4 is 29.6 Å². The number of carboxylic acid groups (broad SMARTS) is 1. The molecule has 25 heavy (non-hydrogen) atoms. The van der Waals surface area contributed by atoms with E-state index in [9.17, 15) is 19.5 Å². The Balaban J connectivity index is 2.16. The number of nitrogens with zero attached hydrogens (tertiary/aromatic N) is 2. The molecule has 1 N–H and O–H groups in total. The van der Waals surface area contributed by atoms with Gasteiger partial charge in [-0.2, -0.15) is 0 Å². The lowest BCUT2D eigenvalue weighted by Crippen LogP contribution is -2.59. The van der Waals surface area contributed by atoms with Crippen molar-refractivity contribution in [2.75, 3.05) is 19.6 Å². The van der Waals surface area contributed by atoms with Gasteiger partial charge in [-0.05, 0) is 39.0 Å². The lowest BCUT2D eigenvalue weighted by Gasteiger charge is -2.39. The number of halogens is 1. The van der Waals surface area contributed by atoms with Gasteiger partial charge in [-0.3, -0.25) is 4.79 Å². The van der Waals surface area contributed by atoms with Crippen LogP contribution >= 0.6 is 11.6 Å². The average molecular weight is 369 g/mol. The van der Waals surface area contributed by atoms with Crippen molar-refractivity contribution in [3.63, 3.8) is 0 Å². The molecule has 8 heteroatoms. The largest absolute Gasteiger partial charge is 0.480 e. The molecule has 0 aliphatic carbocycles. The van der Waals surface area contributed by atoms with E-state index in [1.807, 2.05) is 0 Å². The molecule has 1 saturated heterocycles. The van der Waals surface area contributed by atoms with Gasteiger partial charge in [0.1, 0.15) is 11.6 Å². The minimum absolute atomic E-state index is 0.0988. The fraction of sp³-hybridized carbons (Fsp3) is 0.471. The van der Waals surface area contributed by atoms with Crippen molar-refractivity contribution in [2.45, 2.75) is 32.4 Å². The van der Waals surface area contributed by atoms with Crippen LogP contribution in [0.1, 0.15) is 31.1 Å². The van der Waals surface area contributed by atoms with Crippen molar-refractivity contribution in [2.24, 2.45) is 0 Å². The van der Waals surface area contributed by atoms with Crippen molar-refractivity contribution in [3.05, 3.63) is 34.9 Å². The summed E-state index contributed by atoms with van der Waals surface area (Å²) in [5, 5.41) is 9.89. The second-order valence-electron chi connectivity index (χ2n) is 6.79. The van der Waals surface area contributed by atoms with Gasteiger partial charge in [0.05, 0.1) is 6.54 Å². The van der Waals surface area contributed by atoms with E-state index in [4.69, 9.17) is 16.3 Å². The molecule has 0 aromatic heterocycles. The Kier molecular flexibility index (Phi) is 5.57. The molecule has 1 atom stereocenters. The summed E-state index contributed by atoms with van der Waals surface area (Å²) in [6.45, 7) is 5.37. The predicted molar refractivity (Wildman–Crippen MR) is 91.7 cm³/mol. The van der Waals surface area contributed by atoms with Crippen LogP contribution in [0, 0.1) is 0 Å². The van der Waals surface area contributed by atoms with Crippen LogP contribution in [0.2, 0.25) is 5.02 Å². The number of benzene rings is 1. The molecule has 7 nitrogen and oxygen atoms in total. The van der Waals surface area contributed by atoms with Crippen LogP contribution in [0.3, 0.4) is 0 Å². The van der Waals surface area contributed by atoms with Crippen LogP contribution in [0.4, 0.5) is 4.79 Å². The first-order chi connectivity index (χ1) is 11.6. The Morgan fingerprint density at radius 3 is 2.48 bits per heavy atom. The average Bonchev–Trinajstić information content (AvgIpc) is 2.52. The first-order valence-electron chi connectivity index (χ1n) is 7.86. The van der Waals surface area contributed by atoms with E-state index in [-0.39, 0.29) is 19.6 Å². The second-order valence-corrected chi connectivity index (χ2v) is 7.23. The number of rotatable bonds is 2. The smallest absolute Gasteiger partial charge is 0.410 e. The molecule has 1 aliphatic rings. The molecule has 0 radical (unpaired) electrons. The summed E-state index contributed by atoms with van der Waals surface area (Å²) in [4.78, 5) is 39.0. The highest BCUT2D eigenvalue weighted by molar-refractivity contribution is 6.31. The number of piperazine rings is 1. The zero-order valence-corrected chi connectivity index (χ0v) is 15.1. The first-order valence-corrected chi connectivity index (χ1v) is 8.23. The van der Waals surface area contributed by atoms with Crippen molar-refractivity contribution < 1.29 is 24.2 Å². The summed E-state index contributed by atoms with van der Waals surface area (Å²) < 4.78 is 5.27. The Morgan fingerprint density at radius 1 is 1.24 bits per heavy atom. The normalized spacial score (nSPS) is 18.0. The fourth-order valence-electron chi connectivity index (χ4n) is 2.52. The zero-order valence-electron chi connectivity index (χ0n) is 14.4. The van der Waals surface area contributed by atoms with Crippen LogP contribution in [0.15, 0.2) is 24.3 Å². The van der Waals surface area contributed by atoms with E-state index in [1.54, 1.807) is 39.0 Å². The van der Waals surface area contributed by atoms with Crippen LogP contribution in [-0.2, 0) is 9.53 Å². The highest BCUT2D eigenvalue weighted by Gasteiger charge is 2.38.